The van der Waals surface area contributed by atoms with Crippen LogP contribution in [0.15, 0.2) is 23.2 Å². The second-order valence-electron chi connectivity index (χ2n) is 6.97. The van der Waals surface area contributed by atoms with E-state index in [1.165, 1.54) is 0 Å². The van der Waals surface area contributed by atoms with Gasteiger partial charge in [0.25, 0.3) is 0 Å². The topological polar surface area (TPSA) is 112 Å². The van der Waals surface area contributed by atoms with Crippen molar-refractivity contribution < 1.29 is 23.0 Å². The number of hydrogen-bond donors (Lipinski definition) is 3. The molecule has 0 spiro atoms. The van der Waals surface area contributed by atoms with Gasteiger partial charge in [-0.2, -0.15) is 0 Å². The van der Waals surface area contributed by atoms with E-state index >= 15 is 0 Å². The summed E-state index contributed by atoms with van der Waals surface area (Å²) in [6.07, 6.45) is 1.49. The Labute approximate surface area is 179 Å². The molecule has 10 heteroatoms. The summed E-state index contributed by atoms with van der Waals surface area (Å²) >= 11 is 0. The molecule has 1 aliphatic rings. The molecule has 1 fully saturated rings. The zero-order valence-electron chi connectivity index (χ0n) is 18.1. The summed E-state index contributed by atoms with van der Waals surface area (Å²) in [4.78, 5) is 4.66. The fourth-order valence-electron chi connectivity index (χ4n) is 3.23. The molecule has 2 rings (SSSR count). The molecule has 1 aromatic carbocycles. The van der Waals surface area contributed by atoms with Crippen LogP contribution < -0.4 is 20.1 Å². The minimum absolute atomic E-state index is 0.0593. The van der Waals surface area contributed by atoms with Gasteiger partial charge in [0.1, 0.15) is 6.61 Å². The van der Waals surface area contributed by atoms with Gasteiger partial charge in [-0.1, -0.05) is 6.07 Å². The minimum atomic E-state index is -3.12. The minimum Gasteiger partial charge on any atom is -0.493 e. The molecule has 1 aromatic rings. The Hall–Kier alpha value is -2.04. The van der Waals surface area contributed by atoms with Gasteiger partial charge in [0.15, 0.2) is 17.5 Å². The van der Waals surface area contributed by atoms with Crippen LogP contribution in [-0.4, -0.2) is 75.5 Å². The molecule has 1 aliphatic heterocycles. The Balaban J connectivity index is 1.98. The zero-order valence-corrected chi connectivity index (χ0v) is 18.9. The second-order valence-corrected chi connectivity index (χ2v) is 9.23. The number of aliphatic imine (C=N–C) groups is 1. The van der Waals surface area contributed by atoms with Crippen LogP contribution in [0.3, 0.4) is 0 Å². The predicted octanol–water partition coefficient (Wildman–Crippen LogP) is 0.936. The number of benzene rings is 1. The van der Waals surface area contributed by atoms with Crippen molar-refractivity contribution in [1.29, 1.82) is 0 Å². The van der Waals surface area contributed by atoms with E-state index < -0.39 is 10.0 Å². The van der Waals surface area contributed by atoms with Gasteiger partial charge >= 0.3 is 0 Å². The number of methoxy groups -OCH3 is 1. The van der Waals surface area contributed by atoms with Crippen LogP contribution in [0, 0.1) is 0 Å². The first-order valence-electron chi connectivity index (χ1n) is 10.4. The van der Waals surface area contributed by atoms with E-state index in [-0.39, 0.29) is 25.0 Å². The van der Waals surface area contributed by atoms with Gasteiger partial charge < -0.3 is 25.2 Å². The molecule has 0 aliphatic carbocycles. The van der Waals surface area contributed by atoms with Gasteiger partial charge in [-0.15, -0.1) is 0 Å². The van der Waals surface area contributed by atoms with Gasteiger partial charge in [0, 0.05) is 25.7 Å². The van der Waals surface area contributed by atoms with Crippen molar-refractivity contribution in [3.63, 3.8) is 0 Å². The largest absolute Gasteiger partial charge is 0.493 e. The molecule has 0 saturated carbocycles. The molecule has 1 saturated heterocycles. The van der Waals surface area contributed by atoms with Crippen LogP contribution in [0.2, 0.25) is 0 Å². The summed E-state index contributed by atoms with van der Waals surface area (Å²) in [7, 11) is -1.55. The maximum Gasteiger partial charge on any atom is 0.213 e. The highest BCUT2D eigenvalue weighted by Crippen LogP contribution is 2.28. The van der Waals surface area contributed by atoms with Crippen molar-refractivity contribution in [3.05, 3.63) is 23.8 Å². The summed E-state index contributed by atoms with van der Waals surface area (Å²) in [6, 6.07) is 5.77. The van der Waals surface area contributed by atoms with E-state index in [1.807, 2.05) is 25.1 Å². The summed E-state index contributed by atoms with van der Waals surface area (Å²) < 4.78 is 36.4. The Kier molecular flexibility index (Phi) is 9.67. The predicted molar refractivity (Wildman–Crippen MR) is 118 cm³/mol. The molecule has 0 radical (unpaired) electrons. The van der Waals surface area contributed by atoms with Gasteiger partial charge in [-0.25, -0.2) is 17.7 Å². The van der Waals surface area contributed by atoms with E-state index in [2.05, 4.69) is 15.6 Å². The molecule has 0 aromatic heterocycles. The first kappa shape index (κ1) is 24.2. The van der Waals surface area contributed by atoms with E-state index in [0.29, 0.717) is 37.1 Å². The van der Waals surface area contributed by atoms with Crippen LogP contribution in [0.5, 0.6) is 11.5 Å². The normalized spacial score (nSPS) is 16.3. The molecule has 0 amide bonds. The number of guanidine groups is 1. The number of sulfonamides is 1. The number of aliphatic hydroxyl groups excluding tert-OH is 1. The third kappa shape index (κ3) is 7.03. The molecule has 170 valence electrons. The SMILES string of the molecule is CCNC(=NCc1ccc(OCCO)c(OC)c1)NC1CCN(S(=O)(=O)CC)CC1. The van der Waals surface area contributed by atoms with Crippen molar-refractivity contribution in [2.45, 2.75) is 39.3 Å². The molecule has 0 bridgehead atoms. The number of rotatable bonds is 10. The van der Waals surface area contributed by atoms with Crippen molar-refractivity contribution in [3.8, 4) is 11.5 Å². The fraction of sp³-hybridized carbons (Fsp3) is 0.650. The van der Waals surface area contributed by atoms with Gasteiger partial charge in [-0.05, 0) is 44.4 Å². The molecule has 0 atom stereocenters. The fourth-order valence-corrected chi connectivity index (χ4v) is 4.36. The van der Waals surface area contributed by atoms with E-state index in [4.69, 9.17) is 14.6 Å². The smallest absolute Gasteiger partial charge is 0.213 e. The monoisotopic (exact) mass is 442 g/mol. The number of ether oxygens (including phenoxy) is 2. The third-order valence-corrected chi connectivity index (χ3v) is 6.78. The third-order valence-electron chi connectivity index (χ3n) is 4.89. The number of nitrogens with one attached hydrogen (secondary N) is 2. The lowest BCUT2D eigenvalue weighted by atomic mass is 10.1. The summed E-state index contributed by atoms with van der Waals surface area (Å²) in [5, 5.41) is 15.6. The standard InChI is InChI=1S/C20H34N4O5S/c1-4-21-20(23-17-8-10-24(11-9-17)30(26,27)5-2)22-15-16-6-7-18(29-13-12-25)19(14-16)28-3/h6-7,14,17,25H,4-5,8-13,15H2,1-3H3,(H2,21,22,23). The first-order valence-corrected chi connectivity index (χ1v) is 12.0. The second kappa shape index (κ2) is 12.0. The highest BCUT2D eigenvalue weighted by molar-refractivity contribution is 7.89. The number of nitrogens with zero attached hydrogens (tertiary/aromatic N) is 2. The Bertz CT molecular complexity index is 792. The van der Waals surface area contributed by atoms with Gasteiger partial charge in [0.2, 0.25) is 10.0 Å². The Morgan fingerprint density at radius 3 is 2.60 bits per heavy atom. The van der Waals surface area contributed by atoms with E-state index in [0.717, 1.165) is 24.9 Å². The van der Waals surface area contributed by atoms with Gasteiger partial charge in [-0.3, -0.25) is 0 Å². The van der Waals surface area contributed by atoms with Crippen molar-refractivity contribution in [2.24, 2.45) is 4.99 Å². The van der Waals surface area contributed by atoms with Crippen LogP contribution in [0.1, 0.15) is 32.3 Å². The highest BCUT2D eigenvalue weighted by atomic mass is 32.2. The Morgan fingerprint density at radius 1 is 1.27 bits per heavy atom. The molecular weight excluding hydrogens is 408 g/mol. The van der Waals surface area contributed by atoms with Gasteiger partial charge in [0.05, 0.1) is 26.0 Å². The first-order chi connectivity index (χ1) is 14.4. The average Bonchev–Trinajstić information content (AvgIpc) is 2.76. The van der Waals surface area contributed by atoms with Crippen LogP contribution >= 0.6 is 0 Å². The van der Waals surface area contributed by atoms with Crippen molar-refractivity contribution in [2.75, 3.05) is 45.7 Å². The van der Waals surface area contributed by atoms with Crippen LogP contribution in [0.4, 0.5) is 0 Å². The summed E-state index contributed by atoms with van der Waals surface area (Å²) in [5.41, 5.74) is 0.962. The average molecular weight is 443 g/mol. The molecule has 3 N–H and O–H groups in total. The Morgan fingerprint density at radius 2 is 2.00 bits per heavy atom. The number of hydrogen-bond acceptors (Lipinski definition) is 6. The van der Waals surface area contributed by atoms with Crippen LogP contribution in [0.25, 0.3) is 0 Å². The molecule has 9 nitrogen and oxygen atoms in total. The van der Waals surface area contributed by atoms with Crippen LogP contribution in [-0.2, 0) is 16.6 Å². The molecule has 30 heavy (non-hydrogen) atoms. The maximum atomic E-state index is 12.0. The maximum absolute atomic E-state index is 12.0. The lowest BCUT2D eigenvalue weighted by Gasteiger charge is -2.32. The molecular formula is C20H34N4O5S. The van der Waals surface area contributed by atoms with E-state index in [1.54, 1.807) is 18.3 Å². The highest BCUT2D eigenvalue weighted by Gasteiger charge is 2.27. The summed E-state index contributed by atoms with van der Waals surface area (Å²) in [5.74, 6) is 2.02. The lowest BCUT2D eigenvalue weighted by molar-refractivity contribution is 0.196. The van der Waals surface area contributed by atoms with Crippen molar-refractivity contribution in [1.82, 2.24) is 14.9 Å². The quantitative estimate of drug-likeness (QED) is 0.365. The van der Waals surface area contributed by atoms with Crippen molar-refractivity contribution >= 4 is 16.0 Å². The summed E-state index contributed by atoms with van der Waals surface area (Å²) in [6.45, 7) is 6.07. The zero-order chi connectivity index (χ0) is 22.0. The molecule has 1 heterocycles. The number of piperidine rings is 1. The molecule has 0 unspecified atom stereocenters. The lowest BCUT2D eigenvalue weighted by Crippen LogP contribution is -2.50. The van der Waals surface area contributed by atoms with E-state index in [9.17, 15) is 8.42 Å². The number of aliphatic hydroxyl groups is 1.